The largest absolute Gasteiger partial charge is 0.454 e. The van der Waals surface area contributed by atoms with Crippen LogP contribution in [0.15, 0.2) is 53.3 Å². The van der Waals surface area contributed by atoms with E-state index >= 15 is 0 Å². The summed E-state index contributed by atoms with van der Waals surface area (Å²) in [5, 5.41) is 13.8. The Kier molecular flexibility index (Phi) is 6.14. The Morgan fingerprint density at radius 1 is 1.11 bits per heavy atom. The molecule has 1 fully saturated rings. The third-order valence-corrected chi connectivity index (χ3v) is 7.38. The minimum atomic E-state index is -0.0805. The minimum Gasteiger partial charge on any atom is -0.454 e. The van der Waals surface area contributed by atoms with Crippen molar-refractivity contribution in [2.45, 2.75) is 64.2 Å². The van der Waals surface area contributed by atoms with Crippen molar-refractivity contribution in [1.82, 2.24) is 30.1 Å². The Labute approximate surface area is 209 Å². The van der Waals surface area contributed by atoms with Crippen LogP contribution >= 0.6 is 0 Å². The molecule has 0 spiro atoms. The molecule has 1 atom stereocenters. The lowest BCUT2D eigenvalue weighted by Gasteiger charge is -2.35. The van der Waals surface area contributed by atoms with Gasteiger partial charge in [0.15, 0.2) is 17.3 Å². The highest BCUT2D eigenvalue weighted by Gasteiger charge is 2.32. The SMILES string of the molecule is CCC(c1nnnn1Cc1ccccc1)N(Cc1cc2cc3c(cc2[nH]c1=O)OCO3)C1CCCC1. The van der Waals surface area contributed by atoms with Gasteiger partial charge in [-0.25, -0.2) is 4.68 Å². The number of pyridine rings is 1. The first-order valence-electron chi connectivity index (χ1n) is 12.7. The lowest BCUT2D eigenvalue weighted by Crippen LogP contribution is -2.39. The van der Waals surface area contributed by atoms with Crippen LogP contribution < -0.4 is 15.0 Å². The number of aromatic amines is 1. The Morgan fingerprint density at radius 3 is 2.67 bits per heavy atom. The zero-order valence-electron chi connectivity index (χ0n) is 20.4. The van der Waals surface area contributed by atoms with Crippen molar-refractivity contribution < 1.29 is 9.47 Å². The molecule has 9 heteroatoms. The molecular formula is C27H30N6O3. The molecule has 2 aromatic carbocycles. The Balaban J connectivity index is 1.35. The number of H-pyrrole nitrogens is 1. The fourth-order valence-corrected chi connectivity index (χ4v) is 5.57. The van der Waals surface area contributed by atoms with E-state index in [4.69, 9.17) is 9.47 Å². The van der Waals surface area contributed by atoms with Gasteiger partial charge in [0, 0.05) is 29.6 Å². The van der Waals surface area contributed by atoms with Crippen LogP contribution in [0.3, 0.4) is 0 Å². The molecule has 1 saturated carbocycles. The van der Waals surface area contributed by atoms with Gasteiger partial charge in [-0.2, -0.15) is 0 Å². The van der Waals surface area contributed by atoms with Crippen LogP contribution in [-0.4, -0.2) is 42.9 Å². The van der Waals surface area contributed by atoms with Crippen LogP contribution in [0.5, 0.6) is 11.5 Å². The summed E-state index contributed by atoms with van der Waals surface area (Å²) in [6, 6.07) is 16.4. The van der Waals surface area contributed by atoms with Gasteiger partial charge in [0.2, 0.25) is 6.79 Å². The number of ether oxygens (including phenoxy) is 2. The van der Waals surface area contributed by atoms with Gasteiger partial charge in [-0.05, 0) is 47.4 Å². The molecule has 1 aliphatic heterocycles. The van der Waals surface area contributed by atoms with Gasteiger partial charge < -0.3 is 14.5 Å². The van der Waals surface area contributed by atoms with Crippen LogP contribution in [0.25, 0.3) is 10.9 Å². The van der Waals surface area contributed by atoms with E-state index in [-0.39, 0.29) is 18.4 Å². The van der Waals surface area contributed by atoms with Crippen molar-refractivity contribution in [3.63, 3.8) is 0 Å². The summed E-state index contributed by atoms with van der Waals surface area (Å²) >= 11 is 0. The molecule has 2 aromatic heterocycles. The smallest absolute Gasteiger partial charge is 0.252 e. The van der Waals surface area contributed by atoms with E-state index in [1.807, 2.05) is 41.1 Å². The van der Waals surface area contributed by atoms with E-state index in [0.29, 0.717) is 30.6 Å². The van der Waals surface area contributed by atoms with E-state index in [1.165, 1.54) is 12.8 Å². The molecule has 0 radical (unpaired) electrons. The molecule has 9 nitrogen and oxygen atoms in total. The second kappa shape index (κ2) is 9.73. The van der Waals surface area contributed by atoms with Crippen LogP contribution in [0.1, 0.15) is 62.0 Å². The maximum absolute atomic E-state index is 13.2. The number of benzene rings is 2. The molecular weight excluding hydrogens is 456 g/mol. The van der Waals surface area contributed by atoms with Gasteiger partial charge in [-0.1, -0.05) is 50.1 Å². The van der Waals surface area contributed by atoms with Crippen molar-refractivity contribution in [3.05, 3.63) is 75.8 Å². The minimum absolute atomic E-state index is 0.00124. The highest BCUT2D eigenvalue weighted by Crippen LogP contribution is 2.36. The number of tetrazole rings is 1. The van der Waals surface area contributed by atoms with Crippen molar-refractivity contribution >= 4 is 10.9 Å². The Bertz CT molecular complexity index is 1410. The second-order valence-electron chi connectivity index (χ2n) is 9.63. The molecule has 0 amide bonds. The van der Waals surface area contributed by atoms with E-state index in [0.717, 1.165) is 47.1 Å². The molecule has 1 aliphatic carbocycles. The highest BCUT2D eigenvalue weighted by molar-refractivity contribution is 5.83. The van der Waals surface area contributed by atoms with Gasteiger partial charge in [0.25, 0.3) is 5.56 Å². The van der Waals surface area contributed by atoms with E-state index in [9.17, 15) is 4.79 Å². The standard InChI is InChI=1S/C27H30N6O3/c1-2-23(26-29-30-31-33(26)15-18-8-4-3-5-9-18)32(21-10-6-7-11-21)16-20-12-19-13-24-25(36-17-35-24)14-22(19)28-27(20)34/h3-5,8-9,12-14,21,23H,2,6-7,10-11,15-17H2,1H3,(H,28,34). The fraction of sp³-hybridized carbons (Fsp3) is 0.407. The normalized spacial score (nSPS) is 16.3. The topological polar surface area (TPSA) is 98.2 Å². The lowest BCUT2D eigenvalue weighted by molar-refractivity contribution is 0.112. The molecule has 1 N–H and O–H groups in total. The molecule has 3 heterocycles. The van der Waals surface area contributed by atoms with Crippen molar-refractivity contribution in [2.24, 2.45) is 0 Å². The molecule has 186 valence electrons. The summed E-state index contributed by atoms with van der Waals surface area (Å²) in [5.41, 5.74) is 2.55. The van der Waals surface area contributed by atoms with Crippen LogP contribution in [0.4, 0.5) is 0 Å². The quantitative estimate of drug-likeness (QED) is 0.399. The monoisotopic (exact) mass is 486 g/mol. The maximum atomic E-state index is 13.2. The Hall–Kier alpha value is -3.72. The van der Waals surface area contributed by atoms with Crippen molar-refractivity contribution in [1.29, 1.82) is 0 Å². The summed E-state index contributed by atoms with van der Waals surface area (Å²) in [6.45, 7) is 3.51. The summed E-state index contributed by atoms with van der Waals surface area (Å²) in [7, 11) is 0. The molecule has 0 bridgehead atoms. The van der Waals surface area contributed by atoms with E-state index in [1.54, 1.807) is 0 Å². The molecule has 6 rings (SSSR count). The first-order chi connectivity index (χ1) is 17.7. The average molecular weight is 487 g/mol. The summed E-state index contributed by atoms with van der Waals surface area (Å²) < 4.78 is 12.9. The number of fused-ring (bicyclic) bond motifs is 2. The third kappa shape index (κ3) is 4.35. The number of aromatic nitrogens is 5. The van der Waals surface area contributed by atoms with Gasteiger partial charge in [0.05, 0.1) is 18.1 Å². The predicted octanol–water partition coefficient (Wildman–Crippen LogP) is 4.19. The average Bonchev–Trinajstić information content (AvgIpc) is 3.66. The third-order valence-electron chi connectivity index (χ3n) is 7.38. The number of hydrogen-bond acceptors (Lipinski definition) is 7. The first-order valence-corrected chi connectivity index (χ1v) is 12.7. The predicted molar refractivity (Wildman–Crippen MR) is 135 cm³/mol. The zero-order chi connectivity index (χ0) is 24.5. The van der Waals surface area contributed by atoms with Crippen molar-refractivity contribution in [3.8, 4) is 11.5 Å². The maximum Gasteiger partial charge on any atom is 0.252 e. The van der Waals surface area contributed by atoms with Gasteiger partial charge in [-0.15, -0.1) is 5.10 Å². The molecule has 4 aromatic rings. The fourth-order valence-electron chi connectivity index (χ4n) is 5.57. The van der Waals surface area contributed by atoms with Crippen LogP contribution in [0.2, 0.25) is 0 Å². The first kappa shape index (κ1) is 22.7. The molecule has 2 aliphatic rings. The molecule has 0 saturated heterocycles. The summed E-state index contributed by atoms with van der Waals surface area (Å²) in [4.78, 5) is 18.7. The van der Waals surface area contributed by atoms with Crippen LogP contribution in [-0.2, 0) is 13.1 Å². The van der Waals surface area contributed by atoms with E-state index < -0.39 is 0 Å². The number of nitrogens with zero attached hydrogens (tertiary/aromatic N) is 5. The van der Waals surface area contributed by atoms with Crippen molar-refractivity contribution in [2.75, 3.05) is 6.79 Å². The van der Waals surface area contributed by atoms with Gasteiger partial charge >= 0.3 is 0 Å². The second-order valence-corrected chi connectivity index (χ2v) is 9.63. The zero-order valence-corrected chi connectivity index (χ0v) is 20.4. The Morgan fingerprint density at radius 2 is 1.89 bits per heavy atom. The number of rotatable bonds is 8. The van der Waals surface area contributed by atoms with Gasteiger partial charge in [0.1, 0.15) is 0 Å². The lowest BCUT2D eigenvalue weighted by atomic mass is 10.0. The summed E-state index contributed by atoms with van der Waals surface area (Å²) in [6.07, 6.45) is 5.46. The molecule has 1 unspecified atom stereocenters. The summed E-state index contributed by atoms with van der Waals surface area (Å²) in [5.74, 6) is 2.21. The number of nitrogens with one attached hydrogen (secondary N) is 1. The van der Waals surface area contributed by atoms with Gasteiger partial charge in [-0.3, -0.25) is 9.69 Å². The highest BCUT2D eigenvalue weighted by atomic mass is 16.7. The van der Waals surface area contributed by atoms with Crippen LogP contribution in [0, 0.1) is 0 Å². The number of hydrogen-bond donors (Lipinski definition) is 1. The molecule has 36 heavy (non-hydrogen) atoms. The van der Waals surface area contributed by atoms with E-state index in [2.05, 4.69) is 44.5 Å².